The molecule has 0 unspecified atom stereocenters. The van der Waals surface area contributed by atoms with E-state index in [2.05, 4.69) is 20.4 Å². The second kappa shape index (κ2) is 12.6. The summed E-state index contributed by atoms with van der Waals surface area (Å²) in [6, 6.07) is -0.999. The Morgan fingerprint density at radius 2 is 1.77 bits per heavy atom. The first-order valence-corrected chi connectivity index (χ1v) is 11.7. The molecule has 0 bridgehead atoms. The van der Waals surface area contributed by atoms with Crippen molar-refractivity contribution in [2.45, 2.75) is 37.3 Å². The third kappa shape index (κ3) is 8.01. The third-order valence-electron chi connectivity index (χ3n) is 6.07. The summed E-state index contributed by atoms with van der Waals surface area (Å²) < 4.78 is 88.5. The number of rotatable bonds is 10. The molecule has 39 heavy (non-hydrogen) atoms. The van der Waals surface area contributed by atoms with Gasteiger partial charge >= 0.3 is 12.4 Å². The second-order valence-electron chi connectivity index (χ2n) is 8.79. The van der Waals surface area contributed by atoms with Gasteiger partial charge in [-0.2, -0.15) is 31.4 Å². The van der Waals surface area contributed by atoms with Crippen LogP contribution in [0.2, 0.25) is 0 Å². The Balaban J connectivity index is 1.50. The number of likely N-dealkylation sites (N-methyl/N-ethyl adjacent to an activating group) is 1. The number of hydrogen-bond donors (Lipinski definition) is 2. The lowest BCUT2D eigenvalue weighted by Crippen LogP contribution is -2.47. The van der Waals surface area contributed by atoms with Crippen LogP contribution in [0.15, 0.2) is 23.4 Å². The van der Waals surface area contributed by atoms with Gasteiger partial charge in [-0.15, -0.1) is 0 Å². The number of hydrogen-bond acceptors (Lipinski definition) is 9. The number of methoxy groups -OCH3 is 1. The van der Waals surface area contributed by atoms with Crippen LogP contribution in [0.5, 0.6) is 0 Å². The van der Waals surface area contributed by atoms with E-state index >= 15 is 0 Å². The highest BCUT2D eigenvalue weighted by molar-refractivity contribution is 5.77. The van der Waals surface area contributed by atoms with Gasteiger partial charge in [0.1, 0.15) is 12.2 Å². The molecular formula is C22H27F6N7O4. The lowest BCUT2D eigenvalue weighted by atomic mass is 10.0. The number of carbonyl (C=O) groups is 1. The zero-order valence-electron chi connectivity index (χ0n) is 21.0. The van der Waals surface area contributed by atoms with Crippen molar-refractivity contribution in [2.75, 3.05) is 57.3 Å². The number of H-pyrrole nitrogens is 1. The number of nitrogens with one attached hydrogen (secondary N) is 2. The predicted molar refractivity (Wildman–Crippen MR) is 125 cm³/mol. The van der Waals surface area contributed by atoms with E-state index in [0.717, 1.165) is 18.6 Å². The molecule has 1 aliphatic heterocycles. The quantitative estimate of drug-likeness (QED) is 0.416. The topological polar surface area (TPSA) is 126 Å². The van der Waals surface area contributed by atoms with Crippen molar-refractivity contribution in [3.8, 4) is 0 Å². The van der Waals surface area contributed by atoms with E-state index in [9.17, 15) is 35.9 Å². The molecule has 1 saturated heterocycles. The average molecular weight is 567 g/mol. The zero-order chi connectivity index (χ0) is 28.8. The molecule has 2 aromatic heterocycles. The fraction of sp³-hybridized carbons (Fsp3) is 0.591. The highest BCUT2D eigenvalue weighted by atomic mass is 19.4. The predicted octanol–water partition coefficient (Wildman–Crippen LogP) is 2.17. The van der Waals surface area contributed by atoms with Crippen molar-refractivity contribution in [3.05, 3.63) is 40.1 Å². The van der Waals surface area contributed by atoms with Crippen LogP contribution in [-0.4, -0.2) is 90.1 Å². The van der Waals surface area contributed by atoms with Crippen molar-refractivity contribution in [1.82, 2.24) is 25.1 Å². The van der Waals surface area contributed by atoms with Gasteiger partial charge in [0, 0.05) is 45.7 Å². The van der Waals surface area contributed by atoms with Crippen LogP contribution in [0.1, 0.15) is 24.0 Å². The summed E-state index contributed by atoms with van der Waals surface area (Å²) in [5.74, 6) is -0.205. The molecule has 216 valence electrons. The maximum atomic E-state index is 13.3. The fourth-order valence-corrected chi connectivity index (χ4v) is 4.02. The minimum Gasteiger partial charge on any atom is -0.382 e. The summed E-state index contributed by atoms with van der Waals surface area (Å²) >= 11 is 0. The molecule has 3 heterocycles. The Labute approximate surface area is 218 Å². The minimum absolute atomic E-state index is 0.0847. The van der Waals surface area contributed by atoms with Gasteiger partial charge < -0.3 is 24.6 Å². The van der Waals surface area contributed by atoms with Crippen molar-refractivity contribution in [2.24, 2.45) is 0 Å². The summed E-state index contributed by atoms with van der Waals surface area (Å²) in [5.41, 5.74) is -4.34. The van der Waals surface area contributed by atoms with Gasteiger partial charge in [-0.05, 0) is 12.8 Å². The Morgan fingerprint density at radius 3 is 2.33 bits per heavy atom. The van der Waals surface area contributed by atoms with E-state index in [0.29, 0.717) is 25.9 Å². The third-order valence-corrected chi connectivity index (χ3v) is 6.07. The molecule has 3 rings (SSSR count). The molecule has 0 aromatic carbocycles. The Hall–Kier alpha value is -3.47. The molecule has 1 amide bonds. The van der Waals surface area contributed by atoms with Gasteiger partial charge in [-0.3, -0.25) is 9.59 Å². The molecular weight excluding hydrogens is 540 g/mol. The van der Waals surface area contributed by atoms with Crippen LogP contribution >= 0.6 is 0 Å². The Bertz CT molecular complexity index is 1150. The fourth-order valence-electron chi connectivity index (χ4n) is 4.02. The van der Waals surface area contributed by atoms with E-state index in [1.54, 1.807) is 17.0 Å². The molecule has 0 radical (unpaired) electrons. The molecule has 17 heteroatoms. The van der Waals surface area contributed by atoms with Crippen LogP contribution in [-0.2, 0) is 26.6 Å². The van der Waals surface area contributed by atoms with E-state index < -0.39 is 40.8 Å². The highest BCUT2D eigenvalue weighted by Gasteiger charge is 2.38. The van der Waals surface area contributed by atoms with Gasteiger partial charge in [-0.1, -0.05) is 0 Å². The number of halogens is 6. The molecule has 0 spiro atoms. The standard InChI is InChI=1S/C22H27F6N7O4/c1-34(15-3-5-35(6-4-15)20-29-7-13(8-30-20)21(23,24)25)17(36)12-39-11-14(10-38-2)32-16-9-31-33-19(37)18(16)22(26,27)28/h7-9,14-15H,3-6,10-12H2,1-2H3,(H2,32,33,37)/t14-/m0/s1. The van der Waals surface area contributed by atoms with Gasteiger partial charge in [0.15, 0.2) is 0 Å². The Kier molecular flexibility index (Phi) is 9.71. The molecule has 2 N–H and O–H groups in total. The van der Waals surface area contributed by atoms with E-state index in [-0.39, 0.29) is 37.7 Å². The van der Waals surface area contributed by atoms with E-state index in [1.807, 2.05) is 0 Å². The number of aromatic nitrogens is 4. The number of piperidine rings is 1. The molecule has 1 aliphatic rings. The van der Waals surface area contributed by atoms with Gasteiger partial charge in [-0.25, -0.2) is 15.1 Å². The largest absolute Gasteiger partial charge is 0.423 e. The van der Waals surface area contributed by atoms with Crippen molar-refractivity contribution >= 4 is 17.5 Å². The number of nitrogens with zero attached hydrogens (tertiary/aromatic N) is 5. The summed E-state index contributed by atoms with van der Waals surface area (Å²) in [6.45, 7) is 0.181. The molecule has 0 aliphatic carbocycles. The molecule has 0 saturated carbocycles. The SMILES string of the molecule is COC[C@@H](COCC(=O)N(C)C1CCN(c2ncc(C(F)(F)F)cn2)CC1)Nc1cn[nH]c(=O)c1C(F)(F)F. The Morgan fingerprint density at radius 1 is 1.13 bits per heavy atom. The summed E-state index contributed by atoms with van der Waals surface area (Å²) in [7, 11) is 2.92. The van der Waals surface area contributed by atoms with Gasteiger partial charge in [0.2, 0.25) is 11.9 Å². The van der Waals surface area contributed by atoms with E-state index in [1.165, 1.54) is 12.0 Å². The van der Waals surface area contributed by atoms with Crippen molar-refractivity contribution in [3.63, 3.8) is 0 Å². The normalized spacial score (nSPS) is 15.7. The number of carbonyl (C=O) groups excluding carboxylic acids is 1. The van der Waals surface area contributed by atoms with Crippen LogP contribution < -0.4 is 15.8 Å². The first kappa shape index (κ1) is 30.1. The number of amides is 1. The number of alkyl halides is 6. The summed E-state index contributed by atoms with van der Waals surface area (Å²) in [6.07, 6.45) is -6.16. The minimum atomic E-state index is -4.93. The van der Waals surface area contributed by atoms with Crippen LogP contribution in [0.3, 0.4) is 0 Å². The van der Waals surface area contributed by atoms with Gasteiger partial charge in [0.05, 0.1) is 36.7 Å². The molecule has 11 nitrogen and oxygen atoms in total. The molecule has 2 aromatic rings. The molecule has 1 atom stereocenters. The van der Waals surface area contributed by atoms with Crippen LogP contribution in [0.4, 0.5) is 38.0 Å². The smallest absolute Gasteiger partial charge is 0.382 e. The van der Waals surface area contributed by atoms with E-state index in [4.69, 9.17) is 9.47 Å². The lowest BCUT2D eigenvalue weighted by molar-refractivity contribution is -0.139. The zero-order valence-corrected chi connectivity index (χ0v) is 21.0. The number of anilines is 2. The summed E-state index contributed by atoms with van der Waals surface area (Å²) in [5, 5.41) is 7.68. The number of ether oxygens (including phenoxy) is 2. The first-order valence-electron chi connectivity index (χ1n) is 11.7. The first-order chi connectivity index (χ1) is 18.3. The molecule has 1 fully saturated rings. The van der Waals surface area contributed by atoms with Crippen LogP contribution in [0, 0.1) is 0 Å². The van der Waals surface area contributed by atoms with Crippen LogP contribution in [0.25, 0.3) is 0 Å². The number of aromatic amines is 1. The average Bonchev–Trinajstić information content (AvgIpc) is 2.87. The maximum absolute atomic E-state index is 13.3. The van der Waals surface area contributed by atoms with Crippen molar-refractivity contribution in [1.29, 1.82) is 0 Å². The summed E-state index contributed by atoms with van der Waals surface area (Å²) in [4.78, 5) is 35.1. The second-order valence-corrected chi connectivity index (χ2v) is 8.79. The van der Waals surface area contributed by atoms with Crippen molar-refractivity contribution < 1.29 is 40.6 Å². The van der Waals surface area contributed by atoms with Gasteiger partial charge in [0.25, 0.3) is 5.56 Å². The lowest BCUT2D eigenvalue weighted by Gasteiger charge is -2.36. The highest BCUT2D eigenvalue weighted by Crippen LogP contribution is 2.32. The monoisotopic (exact) mass is 567 g/mol. The maximum Gasteiger partial charge on any atom is 0.423 e.